The lowest BCUT2D eigenvalue weighted by atomic mass is 10.2. The van der Waals surface area contributed by atoms with E-state index in [0.29, 0.717) is 0 Å². The molecule has 1 aromatic carbocycles. The van der Waals surface area contributed by atoms with Crippen molar-refractivity contribution in [3.8, 4) is 12.0 Å². The standard InChI is InChI=1S/C10H10N2/c1-11-9-12-8-7-10-5-3-2-4-6-10/h2-6,9H,1H3,(H,11,12). The fourth-order valence-electron chi connectivity index (χ4n) is 0.727. The third-order valence-corrected chi connectivity index (χ3v) is 1.25. The van der Waals surface area contributed by atoms with Gasteiger partial charge in [-0.15, -0.1) is 0 Å². The summed E-state index contributed by atoms with van der Waals surface area (Å²) in [7, 11) is 1.69. The normalized spacial score (nSPS) is 9.08. The molecule has 0 aromatic heterocycles. The van der Waals surface area contributed by atoms with Crippen LogP contribution in [0.2, 0.25) is 0 Å². The lowest BCUT2D eigenvalue weighted by molar-refractivity contribution is 1.33. The summed E-state index contributed by atoms with van der Waals surface area (Å²) in [6.45, 7) is 0. The van der Waals surface area contributed by atoms with Gasteiger partial charge in [-0.2, -0.15) is 0 Å². The summed E-state index contributed by atoms with van der Waals surface area (Å²) in [5.41, 5.74) is 0.995. The molecule has 1 aromatic rings. The number of nitrogens with one attached hydrogen (secondary N) is 1. The van der Waals surface area contributed by atoms with Gasteiger partial charge in [0.2, 0.25) is 0 Å². The first-order valence-corrected chi connectivity index (χ1v) is 3.65. The van der Waals surface area contributed by atoms with Gasteiger partial charge in [0, 0.05) is 18.7 Å². The molecule has 2 heteroatoms. The van der Waals surface area contributed by atoms with Crippen LogP contribution in [-0.4, -0.2) is 13.4 Å². The Bertz CT molecular complexity index is 304. The van der Waals surface area contributed by atoms with Crippen LogP contribution in [0.25, 0.3) is 0 Å². The van der Waals surface area contributed by atoms with Crippen molar-refractivity contribution in [3.63, 3.8) is 0 Å². The molecule has 0 bridgehead atoms. The molecule has 0 amide bonds. The zero-order chi connectivity index (χ0) is 8.65. The quantitative estimate of drug-likeness (QED) is 0.283. The molecule has 0 unspecified atom stereocenters. The number of hydrogen-bond donors (Lipinski definition) is 1. The van der Waals surface area contributed by atoms with E-state index in [1.54, 1.807) is 13.4 Å². The molecule has 0 atom stereocenters. The molecule has 0 saturated heterocycles. The van der Waals surface area contributed by atoms with Crippen LogP contribution in [0.5, 0.6) is 0 Å². The van der Waals surface area contributed by atoms with Gasteiger partial charge in [-0.25, -0.2) is 0 Å². The van der Waals surface area contributed by atoms with E-state index in [0.717, 1.165) is 5.56 Å². The molecule has 1 N–H and O–H groups in total. The zero-order valence-corrected chi connectivity index (χ0v) is 6.91. The van der Waals surface area contributed by atoms with E-state index in [4.69, 9.17) is 0 Å². The van der Waals surface area contributed by atoms with Crippen molar-refractivity contribution in [2.24, 2.45) is 4.99 Å². The van der Waals surface area contributed by atoms with Gasteiger partial charge in [0.25, 0.3) is 0 Å². The van der Waals surface area contributed by atoms with E-state index in [2.05, 4.69) is 22.3 Å². The Labute approximate surface area is 72.3 Å². The predicted octanol–water partition coefficient (Wildman–Crippen LogP) is 1.24. The van der Waals surface area contributed by atoms with Crippen LogP contribution in [0.1, 0.15) is 5.56 Å². The minimum Gasteiger partial charge on any atom is -0.306 e. The Balaban J connectivity index is 2.55. The molecule has 0 aliphatic heterocycles. The highest BCUT2D eigenvalue weighted by atomic mass is 14.9. The molecule has 2 nitrogen and oxygen atoms in total. The van der Waals surface area contributed by atoms with E-state index in [1.165, 1.54) is 0 Å². The fourth-order valence-corrected chi connectivity index (χ4v) is 0.727. The molecule has 0 fully saturated rings. The van der Waals surface area contributed by atoms with Gasteiger partial charge in [-0.1, -0.05) is 18.2 Å². The van der Waals surface area contributed by atoms with Gasteiger partial charge in [-0.05, 0) is 18.1 Å². The molecule has 0 radical (unpaired) electrons. The van der Waals surface area contributed by atoms with Crippen molar-refractivity contribution in [1.29, 1.82) is 0 Å². The van der Waals surface area contributed by atoms with Crippen molar-refractivity contribution >= 4 is 6.34 Å². The maximum atomic E-state index is 3.73. The first-order valence-electron chi connectivity index (χ1n) is 3.65. The Morgan fingerprint density at radius 1 is 1.33 bits per heavy atom. The van der Waals surface area contributed by atoms with E-state index >= 15 is 0 Å². The fraction of sp³-hybridized carbons (Fsp3) is 0.100. The molecule has 1 rings (SSSR count). The van der Waals surface area contributed by atoms with Crippen LogP contribution in [0.15, 0.2) is 35.3 Å². The monoisotopic (exact) mass is 158 g/mol. The van der Waals surface area contributed by atoms with Crippen molar-refractivity contribution < 1.29 is 0 Å². The van der Waals surface area contributed by atoms with Gasteiger partial charge in [0.15, 0.2) is 0 Å². The maximum Gasteiger partial charge on any atom is 0.0935 e. The molecular formula is C10H10N2. The molecule has 0 heterocycles. The summed E-state index contributed by atoms with van der Waals surface area (Å²) < 4.78 is 0. The summed E-state index contributed by atoms with van der Waals surface area (Å²) in [4.78, 5) is 3.73. The molecule has 0 aliphatic rings. The second kappa shape index (κ2) is 4.97. The summed E-state index contributed by atoms with van der Waals surface area (Å²) in [6.07, 6.45) is 1.55. The van der Waals surface area contributed by atoms with Crippen LogP contribution in [0.4, 0.5) is 0 Å². The number of nitrogens with zero attached hydrogens (tertiary/aromatic N) is 1. The highest BCUT2D eigenvalue weighted by Crippen LogP contribution is 1.93. The molecule has 0 saturated carbocycles. The third-order valence-electron chi connectivity index (χ3n) is 1.25. The van der Waals surface area contributed by atoms with Crippen LogP contribution >= 0.6 is 0 Å². The van der Waals surface area contributed by atoms with E-state index in [1.807, 2.05) is 30.3 Å². The number of rotatable bonds is 1. The molecule has 0 aliphatic carbocycles. The largest absolute Gasteiger partial charge is 0.306 e. The second-order valence-corrected chi connectivity index (χ2v) is 2.15. The molecule has 0 spiro atoms. The average Bonchev–Trinajstić information content (AvgIpc) is 2.14. The van der Waals surface area contributed by atoms with E-state index in [-0.39, 0.29) is 0 Å². The van der Waals surface area contributed by atoms with Gasteiger partial charge in [0.1, 0.15) is 0 Å². The number of hydrogen-bond acceptors (Lipinski definition) is 1. The summed E-state index contributed by atoms with van der Waals surface area (Å²) in [5.74, 6) is 2.93. The molecule has 12 heavy (non-hydrogen) atoms. The minimum absolute atomic E-state index is 0.995. The van der Waals surface area contributed by atoms with Gasteiger partial charge in [0.05, 0.1) is 6.34 Å². The summed E-state index contributed by atoms with van der Waals surface area (Å²) >= 11 is 0. The smallest absolute Gasteiger partial charge is 0.0935 e. The number of aliphatic imine (C=N–C) groups is 1. The van der Waals surface area contributed by atoms with E-state index in [9.17, 15) is 0 Å². The van der Waals surface area contributed by atoms with E-state index < -0.39 is 0 Å². The Morgan fingerprint density at radius 3 is 2.75 bits per heavy atom. The minimum atomic E-state index is 0.995. The van der Waals surface area contributed by atoms with Crippen molar-refractivity contribution in [3.05, 3.63) is 35.9 Å². The van der Waals surface area contributed by atoms with Crippen LogP contribution in [0.3, 0.4) is 0 Å². The van der Waals surface area contributed by atoms with Crippen LogP contribution in [-0.2, 0) is 0 Å². The highest BCUT2D eigenvalue weighted by Gasteiger charge is 1.79. The van der Waals surface area contributed by atoms with Crippen LogP contribution in [0, 0.1) is 12.0 Å². The summed E-state index contributed by atoms with van der Waals surface area (Å²) in [5, 5.41) is 2.73. The maximum absolute atomic E-state index is 3.73. The summed E-state index contributed by atoms with van der Waals surface area (Å²) in [6, 6.07) is 12.5. The van der Waals surface area contributed by atoms with Crippen molar-refractivity contribution in [2.75, 3.05) is 7.05 Å². The van der Waals surface area contributed by atoms with Gasteiger partial charge < -0.3 is 5.32 Å². The Morgan fingerprint density at radius 2 is 2.08 bits per heavy atom. The topological polar surface area (TPSA) is 24.4 Å². The molecule has 60 valence electrons. The predicted molar refractivity (Wildman–Crippen MR) is 50.9 cm³/mol. The van der Waals surface area contributed by atoms with Gasteiger partial charge in [-0.3, -0.25) is 4.99 Å². The lowest BCUT2D eigenvalue weighted by Gasteiger charge is -1.85. The Kier molecular flexibility index (Phi) is 3.46. The Hall–Kier alpha value is -1.75. The SMILES string of the molecule is CN=CNC#Cc1ccccc1. The van der Waals surface area contributed by atoms with Gasteiger partial charge >= 0.3 is 0 Å². The second-order valence-electron chi connectivity index (χ2n) is 2.15. The first-order chi connectivity index (χ1) is 5.93. The number of benzene rings is 1. The zero-order valence-electron chi connectivity index (χ0n) is 6.91. The van der Waals surface area contributed by atoms with Crippen molar-refractivity contribution in [1.82, 2.24) is 5.32 Å². The average molecular weight is 158 g/mol. The third kappa shape index (κ3) is 2.89. The highest BCUT2D eigenvalue weighted by molar-refractivity contribution is 5.57. The van der Waals surface area contributed by atoms with Crippen LogP contribution < -0.4 is 5.32 Å². The lowest BCUT2D eigenvalue weighted by Crippen LogP contribution is -2.00. The first kappa shape index (κ1) is 8.35. The molecular weight excluding hydrogens is 148 g/mol. The van der Waals surface area contributed by atoms with Crippen molar-refractivity contribution in [2.45, 2.75) is 0 Å².